The van der Waals surface area contributed by atoms with Crippen molar-refractivity contribution >= 4 is 17.7 Å². The van der Waals surface area contributed by atoms with Gasteiger partial charge in [-0.15, -0.1) is 0 Å². The molecule has 0 saturated heterocycles. The van der Waals surface area contributed by atoms with Gasteiger partial charge in [0, 0.05) is 24.7 Å². The summed E-state index contributed by atoms with van der Waals surface area (Å²) < 4.78 is 20.5. The third-order valence-corrected chi connectivity index (χ3v) is 5.28. The van der Waals surface area contributed by atoms with E-state index in [0.29, 0.717) is 34.3 Å². The van der Waals surface area contributed by atoms with Gasteiger partial charge in [0.15, 0.2) is 5.16 Å². The predicted molar refractivity (Wildman–Crippen MR) is 105 cm³/mol. The highest BCUT2D eigenvalue weighted by Gasteiger charge is 2.15. The van der Waals surface area contributed by atoms with Crippen molar-refractivity contribution in [2.75, 3.05) is 5.75 Å². The van der Waals surface area contributed by atoms with E-state index in [1.165, 1.54) is 22.4 Å². The van der Waals surface area contributed by atoms with Gasteiger partial charge < -0.3 is 9.73 Å². The monoisotopic (exact) mass is 401 g/mol. The van der Waals surface area contributed by atoms with Gasteiger partial charge in [0.1, 0.15) is 11.6 Å². The molecule has 1 amide bonds. The summed E-state index contributed by atoms with van der Waals surface area (Å²) in [5, 5.41) is 3.18. The van der Waals surface area contributed by atoms with Crippen LogP contribution in [0.3, 0.4) is 0 Å². The van der Waals surface area contributed by atoms with E-state index in [-0.39, 0.29) is 29.5 Å². The molecule has 6 nitrogen and oxygen atoms in total. The maximum Gasteiger partial charge on any atom is 0.257 e. The van der Waals surface area contributed by atoms with Crippen molar-refractivity contribution in [3.8, 4) is 0 Å². The van der Waals surface area contributed by atoms with E-state index in [2.05, 4.69) is 10.3 Å². The van der Waals surface area contributed by atoms with E-state index in [1.807, 2.05) is 0 Å². The average Bonchev–Trinajstić information content (AvgIpc) is 3.20. The molecule has 146 valence electrons. The van der Waals surface area contributed by atoms with Gasteiger partial charge in [-0.05, 0) is 30.7 Å². The van der Waals surface area contributed by atoms with Gasteiger partial charge in [-0.1, -0.05) is 30.0 Å². The first kappa shape index (κ1) is 19.9. The van der Waals surface area contributed by atoms with Gasteiger partial charge >= 0.3 is 0 Å². The summed E-state index contributed by atoms with van der Waals surface area (Å²) in [6.07, 6.45) is 1.72. The van der Waals surface area contributed by atoms with Gasteiger partial charge in [-0.25, -0.2) is 9.37 Å². The summed E-state index contributed by atoms with van der Waals surface area (Å²) in [5.74, 6) is 0.240. The molecule has 0 fully saturated rings. The van der Waals surface area contributed by atoms with E-state index in [0.717, 1.165) is 0 Å². The number of hydrogen-bond acceptors (Lipinski definition) is 5. The van der Waals surface area contributed by atoms with Gasteiger partial charge in [0.25, 0.3) is 5.56 Å². The van der Waals surface area contributed by atoms with Crippen LogP contribution in [0.5, 0.6) is 0 Å². The number of thioether (sulfide) groups is 1. The van der Waals surface area contributed by atoms with E-state index < -0.39 is 0 Å². The zero-order valence-corrected chi connectivity index (χ0v) is 16.4. The minimum absolute atomic E-state index is 0.118. The lowest BCUT2D eigenvalue weighted by Crippen LogP contribution is -2.28. The highest BCUT2D eigenvalue weighted by atomic mass is 32.2. The van der Waals surface area contributed by atoms with E-state index in [1.54, 1.807) is 50.6 Å². The predicted octanol–water partition coefficient (Wildman–Crippen LogP) is 2.82. The summed E-state index contributed by atoms with van der Waals surface area (Å²) in [6.45, 7) is 2.03. The fourth-order valence-corrected chi connectivity index (χ4v) is 3.52. The molecular weight excluding hydrogens is 381 g/mol. The molecule has 28 heavy (non-hydrogen) atoms. The molecule has 1 aromatic carbocycles. The van der Waals surface area contributed by atoms with Crippen molar-refractivity contribution in [3.63, 3.8) is 0 Å². The highest BCUT2D eigenvalue weighted by molar-refractivity contribution is 7.99. The molecule has 3 rings (SSSR count). The number of carbonyl (C=O) groups excluding carboxylic acids is 1. The Kier molecular flexibility index (Phi) is 6.30. The minimum atomic E-state index is -0.351. The maximum absolute atomic E-state index is 13.9. The number of nitrogens with zero attached hydrogens (tertiary/aromatic N) is 2. The van der Waals surface area contributed by atoms with Crippen LogP contribution >= 0.6 is 11.8 Å². The van der Waals surface area contributed by atoms with Crippen LogP contribution in [-0.2, 0) is 24.8 Å². The number of nitrogens with one attached hydrogen (secondary N) is 1. The Labute approximate surface area is 165 Å². The normalized spacial score (nSPS) is 10.8. The number of benzene rings is 1. The Bertz CT molecular complexity index is 1030. The quantitative estimate of drug-likeness (QED) is 0.487. The SMILES string of the molecule is Cc1nc(SCC(=O)NCc2ccco2)n(C)c(=O)c1Cc1ccccc1F. The Hall–Kier alpha value is -2.87. The Morgan fingerprint density at radius 3 is 2.79 bits per heavy atom. The average molecular weight is 401 g/mol. The molecule has 0 radical (unpaired) electrons. The number of hydrogen-bond donors (Lipinski definition) is 1. The van der Waals surface area contributed by atoms with Gasteiger partial charge in [-0.2, -0.15) is 0 Å². The summed E-state index contributed by atoms with van der Waals surface area (Å²) in [6, 6.07) is 9.89. The number of rotatable bonds is 7. The van der Waals surface area contributed by atoms with Crippen LogP contribution in [0, 0.1) is 12.7 Å². The summed E-state index contributed by atoms with van der Waals surface area (Å²) in [4.78, 5) is 29.2. The lowest BCUT2D eigenvalue weighted by atomic mass is 10.0. The van der Waals surface area contributed by atoms with Crippen molar-refractivity contribution < 1.29 is 13.6 Å². The minimum Gasteiger partial charge on any atom is -0.467 e. The Balaban J connectivity index is 1.68. The van der Waals surface area contributed by atoms with Crippen molar-refractivity contribution in [2.45, 2.75) is 25.0 Å². The Morgan fingerprint density at radius 1 is 1.29 bits per heavy atom. The second-order valence-corrected chi connectivity index (χ2v) is 7.18. The van der Waals surface area contributed by atoms with Crippen LogP contribution in [0.2, 0.25) is 0 Å². The molecule has 0 saturated carbocycles. The number of furan rings is 1. The third-order valence-electron chi connectivity index (χ3n) is 4.25. The maximum atomic E-state index is 13.9. The molecule has 2 aromatic heterocycles. The fourth-order valence-electron chi connectivity index (χ4n) is 2.67. The zero-order valence-electron chi connectivity index (χ0n) is 15.6. The second-order valence-electron chi connectivity index (χ2n) is 6.24. The lowest BCUT2D eigenvalue weighted by Gasteiger charge is -2.12. The van der Waals surface area contributed by atoms with Crippen LogP contribution in [0.4, 0.5) is 4.39 Å². The van der Waals surface area contributed by atoms with Crippen molar-refractivity contribution in [3.05, 3.63) is 81.4 Å². The van der Waals surface area contributed by atoms with Crippen LogP contribution in [0.25, 0.3) is 0 Å². The standard InChI is InChI=1S/C20H20FN3O3S/c1-13-16(10-14-6-3-4-8-17(14)21)19(26)24(2)20(23-13)28-12-18(25)22-11-15-7-5-9-27-15/h3-9H,10-12H2,1-2H3,(H,22,25). The molecule has 3 aromatic rings. The first-order valence-electron chi connectivity index (χ1n) is 8.67. The third kappa shape index (κ3) is 4.69. The zero-order chi connectivity index (χ0) is 20.1. The molecule has 0 spiro atoms. The topological polar surface area (TPSA) is 77.1 Å². The molecule has 0 unspecified atom stereocenters. The van der Waals surface area contributed by atoms with E-state index in [4.69, 9.17) is 4.42 Å². The second kappa shape index (κ2) is 8.88. The number of amides is 1. The molecule has 8 heteroatoms. The first-order valence-corrected chi connectivity index (χ1v) is 9.66. The number of carbonyl (C=O) groups is 1. The lowest BCUT2D eigenvalue weighted by molar-refractivity contribution is -0.118. The van der Waals surface area contributed by atoms with Gasteiger partial charge in [0.2, 0.25) is 5.91 Å². The highest BCUT2D eigenvalue weighted by Crippen LogP contribution is 2.17. The summed E-state index contributed by atoms with van der Waals surface area (Å²) in [7, 11) is 1.60. The van der Waals surface area contributed by atoms with Crippen LogP contribution < -0.4 is 10.9 Å². The molecule has 1 N–H and O–H groups in total. The number of halogens is 1. The largest absolute Gasteiger partial charge is 0.467 e. The van der Waals surface area contributed by atoms with Crippen LogP contribution in [-0.4, -0.2) is 21.2 Å². The number of aryl methyl sites for hydroxylation is 1. The molecule has 0 bridgehead atoms. The van der Waals surface area contributed by atoms with Crippen LogP contribution in [0.15, 0.2) is 57.0 Å². The summed E-state index contributed by atoms with van der Waals surface area (Å²) in [5.41, 5.74) is 1.18. The molecule has 2 heterocycles. The molecule has 0 atom stereocenters. The molecule has 0 aliphatic heterocycles. The first-order chi connectivity index (χ1) is 13.5. The smallest absolute Gasteiger partial charge is 0.257 e. The molecular formula is C20H20FN3O3S. The van der Waals surface area contributed by atoms with Gasteiger partial charge in [0.05, 0.1) is 18.6 Å². The number of aromatic nitrogens is 2. The molecule has 0 aliphatic carbocycles. The summed E-state index contributed by atoms with van der Waals surface area (Å²) >= 11 is 1.17. The Morgan fingerprint density at radius 2 is 2.07 bits per heavy atom. The van der Waals surface area contributed by atoms with Crippen molar-refractivity contribution in [1.82, 2.24) is 14.9 Å². The van der Waals surface area contributed by atoms with E-state index in [9.17, 15) is 14.0 Å². The van der Waals surface area contributed by atoms with Gasteiger partial charge in [-0.3, -0.25) is 14.2 Å². The van der Waals surface area contributed by atoms with Crippen molar-refractivity contribution in [2.24, 2.45) is 7.05 Å². The molecule has 0 aliphatic rings. The fraction of sp³-hybridized carbons (Fsp3) is 0.250. The van der Waals surface area contributed by atoms with E-state index >= 15 is 0 Å². The van der Waals surface area contributed by atoms with Crippen molar-refractivity contribution in [1.29, 1.82) is 0 Å². The van der Waals surface area contributed by atoms with Crippen LogP contribution in [0.1, 0.15) is 22.6 Å².